The van der Waals surface area contributed by atoms with Crippen LogP contribution in [0.3, 0.4) is 0 Å². The van der Waals surface area contributed by atoms with E-state index in [0.29, 0.717) is 6.42 Å². The lowest BCUT2D eigenvalue weighted by atomic mass is 9.96. The Labute approximate surface area is 100 Å². The summed E-state index contributed by atoms with van der Waals surface area (Å²) in [7, 11) is 0. The van der Waals surface area contributed by atoms with E-state index >= 15 is 0 Å². The van der Waals surface area contributed by atoms with Crippen LogP contribution in [0.2, 0.25) is 0 Å². The van der Waals surface area contributed by atoms with E-state index < -0.39 is 0 Å². The van der Waals surface area contributed by atoms with Crippen molar-refractivity contribution in [3.63, 3.8) is 0 Å². The number of aliphatic hydroxyl groups is 1. The van der Waals surface area contributed by atoms with Gasteiger partial charge in [-0.25, -0.2) is 4.98 Å². The monoisotopic (exact) mass is 241 g/mol. The zero-order valence-corrected chi connectivity index (χ0v) is 10.7. The standard InChI is InChI=1S/C11H19N3OS/c1-3-14-10(12-8-13-14)7-9(15)11(2)5-4-6-16-11/h8-9,15H,3-7H2,1-2H3. The summed E-state index contributed by atoms with van der Waals surface area (Å²) < 4.78 is 1.86. The van der Waals surface area contributed by atoms with E-state index in [2.05, 4.69) is 17.0 Å². The van der Waals surface area contributed by atoms with Gasteiger partial charge in [-0.3, -0.25) is 4.68 Å². The summed E-state index contributed by atoms with van der Waals surface area (Å²) in [5, 5.41) is 14.4. The van der Waals surface area contributed by atoms with Crippen molar-refractivity contribution in [2.24, 2.45) is 0 Å². The fourth-order valence-electron chi connectivity index (χ4n) is 2.16. The minimum Gasteiger partial charge on any atom is -0.391 e. The van der Waals surface area contributed by atoms with Crippen LogP contribution in [0.5, 0.6) is 0 Å². The Bertz CT molecular complexity index is 347. The van der Waals surface area contributed by atoms with Crippen LogP contribution in [0.25, 0.3) is 0 Å². The molecule has 0 bridgehead atoms. The van der Waals surface area contributed by atoms with Gasteiger partial charge in [0.1, 0.15) is 12.2 Å². The maximum atomic E-state index is 10.3. The molecular weight excluding hydrogens is 222 g/mol. The van der Waals surface area contributed by atoms with Gasteiger partial charge in [-0.2, -0.15) is 16.9 Å². The number of aryl methyl sites for hydroxylation is 1. The SMILES string of the molecule is CCn1ncnc1CC(O)C1(C)CCCS1. The lowest BCUT2D eigenvalue weighted by Gasteiger charge is -2.28. The highest BCUT2D eigenvalue weighted by atomic mass is 32.2. The summed E-state index contributed by atoms with van der Waals surface area (Å²) in [6, 6.07) is 0. The van der Waals surface area contributed by atoms with E-state index in [0.717, 1.165) is 24.5 Å². The molecule has 1 saturated heterocycles. The maximum absolute atomic E-state index is 10.3. The lowest BCUT2D eigenvalue weighted by molar-refractivity contribution is 0.130. The molecule has 2 atom stereocenters. The first-order valence-corrected chi connectivity index (χ1v) is 6.83. The topological polar surface area (TPSA) is 50.9 Å². The van der Waals surface area contributed by atoms with Crippen LogP contribution in [0.1, 0.15) is 32.5 Å². The Morgan fingerprint density at radius 3 is 3.12 bits per heavy atom. The predicted octanol–water partition coefficient (Wildman–Crippen LogP) is 1.49. The van der Waals surface area contributed by atoms with Crippen molar-refractivity contribution in [1.29, 1.82) is 0 Å². The molecule has 2 heterocycles. The number of rotatable bonds is 4. The molecule has 4 nitrogen and oxygen atoms in total. The molecule has 0 aliphatic carbocycles. The molecule has 1 aromatic heterocycles. The van der Waals surface area contributed by atoms with Crippen LogP contribution < -0.4 is 0 Å². The van der Waals surface area contributed by atoms with Crippen LogP contribution in [0, 0.1) is 0 Å². The summed E-state index contributed by atoms with van der Waals surface area (Å²) in [6.45, 7) is 5.00. The molecule has 0 aromatic carbocycles. The highest BCUT2D eigenvalue weighted by Gasteiger charge is 2.37. The number of thioether (sulfide) groups is 1. The lowest BCUT2D eigenvalue weighted by Crippen LogP contribution is -2.36. The fraction of sp³-hybridized carbons (Fsp3) is 0.818. The molecule has 0 saturated carbocycles. The van der Waals surface area contributed by atoms with E-state index in [1.54, 1.807) is 6.33 Å². The number of aliphatic hydroxyl groups excluding tert-OH is 1. The van der Waals surface area contributed by atoms with Gasteiger partial charge in [0.2, 0.25) is 0 Å². The first-order chi connectivity index (χ1) is 7.65. The van der Waals surface area contributed by atoms with Gasteiger partial charge in [0.05, 0.1) is 6.10 Å². The summed E-state index contributed by atoms with van der Waals surface area (Å²) in [6.07, 6.45) is 4.15. The van der Waals surface area contributed by atoms with Gasteiger partial charge in [0.15, 0.2) is 0 Å². The number of hydrogen-bond donors (Lipinski definition) is 1. The second kappa shape index (κ2) is 4.75. The van der Waals surface area contributed by atoms with Crippen molar-refractivity contribution in [2.45, 2.75) is 50.5 Å². The van der Waals surface area contributed by atoms with Gasteiger partial charge in [-0.1, -0.05) is 0 Å². The molecule has 1 aliphatic heterocycles. The van der Waals surface area contributed by atoms with Gasteiger partial charge in [-0.15, -0.1) is 0 Å². The Balaban J connectivity index is 2.04. The minimum atomic E-state index is -0.325. The van der Waals surface area contributed by atoms with E-state index in [-0.39, 0.29) is 10.9 Å². The third-order valence-electron chi connectivity index (χ3n) is 3.33. The molecule has 2 rings (SSSR count). The van der Waals surface area contributed by atoms with E-state index in [9.17, 15) is 5.11 Å². The zero-order valence-electron chi connectivity index (χ0n) is 9.89. The fourth-order valence-corrected chi connectivity index (χ4v) is 3.48. The highest BCUT2D eigenvalue weighted by Crippen LogP contribution is 2.41. The zero-order chi connectivity index (χ0) is 11.6. The van der Waals surface area contributed by atoms with Crippen molar-refractivity contribution in [3.8, 4) is 0 Å². The van der Waals surface area contributed by atoms with Crippen LogP contribution in [0.15, 0.2) is 6.33 Å². The van der Waals surface area contributed by atoms with Crippen molar-refractivity contribution in [2.75, 3.05) is 5.75 Å². The number of nitrogens with zero attached hydrogens (tertiary/aromatic N) is 3. The number of aromatic nitrogens is 3. The first kappa shape index (κ1) is 11.9. The molecule has 2 unspecified atom stereocenters. The minimum absolute atomic E-state index is 0.00449. The Morgan fingerprint density at radius 1 is 1.69 bits per heavy atom. The van der Waals surface area contributed by atoms with E-state index in [1.165, 1.54) is 6.42 Å². The third-order valence-corrected chi connectivity index (χ3v) is 4.95. The third kappa shape index (κ3) is 2.25. The van der Waals surface area contributed by atoms with Crippen molar-refractivity contribution in [3.05, 3.63) is 12.2 Å². The molecule has 0 spiro atoms. The van der Waals surface area contributed by atoms with Crippen molar-refractivity contribution in [1.82, 2.24) is 14.8 Å². The smallest absolute Gasteiger partial charge is 0.138 e. The van der Waals surface area contributed by atoms with Gasteiger partial charge >= 0.3 is 0 Å². The second-order valence-corrected chi connectivity index (χ2v) is 6.11. The molecule has 1 N–H and O–H groups in total. The second-order valence-electron chi connectivity index (χ2n) is 4.48. The van der Waals surface area contributed by atoms with E-state index in [1.807, 2.05) is 23.4 Å². The Morgan fingerprint density at radius 2 is 2.50 bits per heavy atom. The van der Waals surface area contributed by atoms with Crippen LogP contribution >= 0.6 is 11.8 Å². The Kier molecular flexibility index (Phi) is 3.54. The molecule has 0 amide bonds. The molecule has 1 fully saturated rings. The van der Waals surface area contributed by atoms with Crippen molar-refractivity contribution >= 4 is 11.8 Å². The average molecular weight is 241 g/mol. The highest BCUT2D eigenvalue weighted by molar-refractivity contribution is 8.00. The average Bonchev–Trinajstić information content (AvgIpc) is 2.87. The van der Waals surface area contributed by atoms with Crippen LogP contribution in [0.4, 0.5) is 0 Å². The van der Waals surface area contributed by atoms with Crippen LogP contribution in [-0.2, 0) is 13.0 Å². The predicted molar refractivity (Wildman–Crippen MR) is 65.5 cm³/mol. The number of hydrogen-bond acceptors (Lipinski definition) is 4. The summed E-state index contributed by atoms with van der Waals surface area (Å²) in [5.41, 5.74) is 0. The van der Waals surface area contributed by atoms with E-state index in [4.69, 9.17) is 0 Å². The largest absolute Gasteiger partial charge is 0.391 e. The van der Waals surface area contributed by atoms with Gasteiger partial charge in [0.25, 0.3) is 0 Å². The molecule has 5 heteroatoms. The van der Waals surface area contributed by atoms with Gasteiger partial charge in [-0.05, 0) is 32.4 Å². The molecule has 1 aliphatic rings. The molecule has 16 heavy (non-hydrogen) atoms. The Hall–Kier alpha value is -0.550. The molecular formula is C11H19N3OS. The van der Waals surface area contributed by atoms with Crippen LogP contribution in [-0.4, -0.2) is 36.5 Å². The first-order valence-electron chi connectivity index (χ1n) is 5.84. The summed E-state index contributed by atoms with van der Waals surface area (Å²) >= 11 is 1.88. The summed E-state index contributed by atoms with van der Waals surface area (Å²) in [5.74, 6) is 2.05. The normalized spacial score (nSPS) is 27.2. The molecule has 90 valence electrons. The van der Waals surface area contributed by atoms with Crippen molar-refractivity contribution < 1.29 is 5.11 Å². The quantitative estimate of drug-likeness (QED) is 0.867. The van der Waals surface area contributed by atoms with Gasteiger partial charge < -0.3 is 5.11 Å². The maximum Gasteiger partial charge on any atom is 0.138 e. The van der Waals surface area contributed by atoms with Gasteiger partial charge in [0, 0.05) is 17.7 Å². The summed E-state index contributed by atoms with van der Waals surface area (Å²) in [4.78, 5) is 4.21. The molecule has 0 radical (unpaired) electrons. The molecule has 1 aromatic rings.